The molecule has 0 saturated carbocycles. The summed E-state index contributed by atoms with van der Waals surface area (Å²) in [5.74, 6) is 0.662. The van der Waals surface area contributed by atoms with E-state index < -0.39 is 5.91 Å². The number of hydrogen-bond donors (Lipinski definition) is 1. The third-order valence-corrected chi connectivity index (χ3v) is 7.02. The molecule has 0 radical (unpaired) electrons. The summed E-state index contributed by atoms with van der Waals surface area (Å²) >= 11 is 3.08. The van der Waals surface area contributed by atoms with Gasteiger partial charge < -0.3 is 5.73 Å². The van der Waals surface area contributed by atoms with Crippen molar-refractivity contribution >= 4 is 39.9 Å². The molecular weight excluding hydrogens is 440 g/mol. The standard InChI is InChI=1S/C24H24N4O2S2/c1-15(2)11-12-28-23(30)19-5-3-4-6-20(19)27-24(28)32-14-18-13-31-22(26-18)17-9-7-16(8-10-17)21(25)29/h3-10,13,15H,11-12,14H2,1-2H3,(H2,25,29). The Morgan fingerprint density at radius 1 is 1.12 bits per heavy atom. The molecule has 2 aromatic heterocycles. The number of thioether (sulfide) groups is 1. The van der Waals surface area contributed by atoms with E-state index in [0.717, 1.165) is 27.8 Å². The first-order valence-electron chi connectivity index (χ1n) is 10.4. The fraction of sp³-hybridized carbons (Fsp3) is 0.250. The number of thiazole rings is 1. The van der Waals surface area contributed by atoms with E-state index in [-0.39, 0.29) is 5.56 Å². The monoisotopic (exact) mass is 464 g/mol. The van der Waals surface area contributed by atoms with Crippen molar-refractivity contribution < 1.29 is 4.79 Å². The Kier molecular flexibility index (Phi) is 6.72. The number of carbonyl (C=O) groups excluding carboxylic acids is 1. The van der Waals surface area contributed by atoms with Gasteiger partial charge in [-0.25, -0.2) is 9.97 Å². The van der Waals surface area contributed by atoms with Crippen molar-refractivity contribution in [3.63, 3.8) is 0 Å². The van der Waals surface area contributed by atoms with Crippen LogP contribution in [0.1, 0.15) is 36.3 Å². The van der Waals surface area contributed by atoms with E-state index >= 15 is 0 Å². The molecule has 4 aromatic rings. The quantitative estimate of drug-likeness (QED) is 0.294. The Morgan fingerprint density at radius 2 is 1.88 bits per heavy atom. The zero-order chi connectivity index (χ0) is 22.7. The molecule has 0 aliphatic carbocycles. The van der Waals surface area contributed by atoms with Crippen molar-refractivity contribution in [3.05, 3.63) is 75.5 Å². The molecule has 8 heteroatoms. The lowest BCUT2D eigenvalue weighted by Crippen LogP contribution is -2.24. The van der Waals surface area contributed by atoms with Gasteiger partial charge in [0.15, 0.2) is 5.16 Å². The van der Waals surface area contributed by atoms with Crippen molar-refractivity contribution in [2.45, 2.75) is 37.7 Å². The topological polar surface area (TPSA) is 90.9 Å². The summed E-state index contributed by atoms with van der Waals surface area (Å²) < 4.78 is 1.79. The van der Waals surface area contributed by atoms with Crippen molar-refractivity contribution in [1.82, 2.24) is 14.5 Å². The van der Waals surface area contributed by atoms with E-state index in [1.54, 1.807) is 28.0 Å². The van der Waals surface area contributed by atoms with Gasteiger partial charge in [0.05, 0.1) is 16.6 Å². The Bertz CT molecular complexity index is 1310. The summed E-state index contributed by atoms with van der Waals surface area (Å²) in [4.78, 5) is 33.9. The van der Waals surface area contributed by atoms with Gasteiger partial charge in [0.25, 0.3) is 5.56 Å². The van der Waals surface area contributed by atoms with Gasteiger partial charge in [-0.1, -0.05) is 49.9 Å². The van der Waals surface area contributed by atoms with Gasteiger partial charge >= 0.3 is 0 Å². The van der Waals surface area contributed by atoms with Crippen LogP contribution < -0.4 is 11.3 Å². The SMILES string of the molecule is CC(C)CCn1c(SCc2csc(-c3ccc(C(N)=O)cc3)n2)nc2ccccc2c1=O. The summed E-state index contributed by atoms with van der Waals surface area (Å²) in [6, 6.07) is 14.6. The minimum atomic E-state index is -0.445. The minimum absolute atomic E-state index is 0.00672. The van der Waals surface area contributed by atoms with Gasteiger partial charge in [-0.05, 0) is 36.6 Å². The van der Waals surface area contributed by atoms with Gasteiger partial charge in [-0.3, -0.25) is 14.2 Å². The largest absolute Gasteiger partial charge is 0.366 e. The van der Waals surface area contributed by atoms with Crippen LogP contribution in [0.4, 0.5) is 0 Å². The van der Waals surface area contributed by atoms with Crippen LogP contribution in [-0.4, -0.2) is 20.4 Å². The molecule has 6 nitrogen and oxygen atoms in total. The number of aromatic nitrogens is 3. The lowest BCUT2D eigenvalue weighted by molar-refractivity contribution is 0.100. The maximum atomic E-state index is 13.1. The number of fused-ring (bicyclic) bond motifs is 1. The molecule has 32 heavy (non-hydrogen) atoms. The average Bonchev–Trinajstić information content (AvgIpc) is 3.26. The molecule has 164 valence electrons. The number of para-hydroxylation sites is 1. The van der Waals surface area contributed by atoms with E-state index in [9.17, 15) is 9.59 Å². The summed E-state index contributed by atoms with van der Waals surface area (Å²) in [7, 11) is 0. The summed E-state index contributed by atoms with van der Waals surface area (Å²) in [6.07, 6.45) is 0.912. The predicted molar refractivity (Wildman–Crippen MR) is 131 cm³/mol. The Labute approximate surface area is 194 Å². The molecule has 0 aliphatic heterocycles. The zero-order valence-electron chi connectivity index (χ0n) is 17.9. The number of benzene rings is 2. The van der Waals surface area contributed by atoms with Crippen LogP contribution >= 0.6 is 23.1 Å². The Morgan fingerprint density at radius 3 is 2.59 bits per heavy atom. The Balaban J connectivity index is 1.57. The molecule has 0 spiro atoms. The lowest BCUT2D eigenvalue weighted by atomic mass is 10.1. The number of carbonyl (C=O) groups is 1. The molecule has 1 amide bonds. The van der Waals surface area contributed by atoms with Gasteiger partial charge in [0.2, 0.25) is 5.91 Å². The zero-order valence-corrected chi connectivity index (χ0v) is 19.6. The second kappa shape index (κ2) is 9.67. The lowest BCUT2D eigenvalue weighted by Gasteiger charge is -2.14. The molecule has 2 aromatic carbocycles. The second-order valence-electron chi connectivity index (χ2n) is 7.93. The van der Waals surface area contributed by atoms with E-state index in [4.69, 9.17) is 15.7 Å². The number of rotatable bonds is 8. The highest BCUT2D eigenvalue weighted by atomic mass is 32.2. The second-order valence-corrected chi connectivity index (χ2v) is 9.73. The summed E-state index contributed by atoms with van der Waals surface area (Å²) in [5.41, 5.74) is 8.37. The van der Waals surface area contributed by atoms with Gasteiger partial charge in [-0.15, -0.1) is 11.3 Å². The molecule has 0 fully saturated rings. The maximum Gasteiger partial charge on any atom is 0.262 e. The van der Waals surface area contributed by atoms with Crippen LogP contribution in [-0.2, 0) is 12.3 Å². The van der Waals surface area contributed by atoms with E-state index in [2.05, 4.69) is 13.8 Å². The average molecular weight is 465 g/mol. The molecule has 0 unspecified atom stereocenters. The fourth-order valence-corrected chi connectivity index (χ4v) is 5.11. The number of primary amides is 1. The summed E-state index contributed by atoms with van der Waals surface area (Å²) in [6.45, 7) is 4.95. The number of nitrogens with two attached hydrogens (primary N) is 1. The Hall–Kier alpha value is -2.97. The first-order valence-corrected chi connectivity index (χ1v) is 12.3. The van der Waals surface area contributed by atoms with Crippen molar-refractivity contribution in [3.8, 4) is 10.6 Å². The normalized spacial score (nSPS) is 11.3. The predicted octanol–water partition coefficient (Wildman–Crippen LogP) is 4.96. The van der Waals surface area contributed by atoms with Crippen molar-refractivity contribution in [2.24, 2.45) is 11.7 Å². The van der Waals surface area contributed by atoms with Gasteiger partial charge in [-0.2, -0.15) is 0 Å². The highest BCUT2D eigenvalue weighted by Gasteiger charge is 2.13. The van der Waals surface area contributed by atoms with Crippen molar-refractivity contribution in [2.75, 3.05) is 0 Å². The molecule has 4 rings (SSSR count). The summed E-state index contributed by atoms with van der Waals surface area (Å²) in [5, 5.41) is 4.26. The third kappa shape index (κ3) is 4.92. The molecule has 2 heterocycles. The van der Waals surface area contributed by atoms with Crippen LogP contribution in [0.25, 0.3) is 21.5 Å². The van der Waals surface area contributed by atoms with Crippen LogP contribution in [0, 0.1) is 5.92 Å². The first kappa shape index (κ1) is 22.2. The molecule has 2 N–H and O–H groups in total. The third-order valence-electron chi connectivity index (χ3n) is 5.07. The fourth-order valence-electron chi connectivity index (χ4n) is 3.26. The molecule has 0 atom stereocenters. The minimum Gasteiger partial charge on any atom is -0.366 e. The van der Waals surface area contributed by atoms with E-state index in [1.807, 2.05) is 41.8 Å². The molecule has 0 bridgehead atoms. The number of hydrogen-bond acceptors (Lipinski definition) is 6. The van der Waals surface area contributed by atoms with Crippen LogP contribution in [0.5, 0.6) is 0 Å². The molecule has 0 aliphatic rings. The molecular formula is C24H24N4O2S2. The van der Waals surface area contributed by atoms with Crippen LogP contribution in [0.15, 0.2) is 63.9 Å². The smallest absolute Gasteiger partial charge is 0.262 e. The number of nitrogens with zero attached hydrogens (tertiary/aromatic N) is 3. The maximum absolute atomic E-state index is 13.1. The van der Waals surface area contributed by atoms with E-state index in [0.29, 0.717) is 34.7 Å². The first-order chi connectivity index (χ1) is 15.4. The highest BCUT2D eigenvalue weighted by Crippen LogP contribution is 2.28. The van der Waals surface area contributed by atoms with Crippen molar-refractivity contribution in [1.29, 1.82) is 0 Å². The highest BCUT2D eigenvalue weighted by molar-refractivity contribution is 7.98. The van der Waals surface area contributed by atoms with E-state index in [1.165, 1.54) is 11.8 Å². The molecule has 0 saturated heterocycles. The number of amides is 1. The van der Waals surface area contributed by atoms with Crippen LogP contribution in [0.3, 0.4) is 0 Å². The van der Waals surface area contributed by atoms with Gasteiger partial charge in [0.1, 0.15) is 5.01 Å². The van der Waals surface area contributed by atoms with Gasteiger partial charge in [0, 0.05) is 28.8 Å². The van der Waals surface area contributed by atoms with Crippen LogP contribution in [0.2, 0.25) is 0 Å².